The predicted molar refractivity (Wildman–Crippen MR) is 61.7 cm³/mol. The maximum Gasteiger partial charge on any atom is 0.127 e. The molecule has 3 heteroatoms. The molecule has 1 aliphatic carbocycles. The van der Waals surface area contributed by atoms with Gasteiger partial charge in [0.05, 0.1) is 0 Å². The molecule has 1 atom stereocenters. The van der Waals surface area contributed by atoms with Crippen molar-refractivity contribution in [3.05, 3.63) is 35.4 Å². The van der Waals surface area contributed by atoms with Crippen molar-refractivity contribution in [1.29, 1.82) is 0 Å². The number of halogens is 2. The zero-order valence-corrected chi connectivity index (χ0v) is 9.66. The Balaban J connectivity index is 2.24. The van der Waals surface area contributed by atoms with Gasteiger partial charge in [-0.25, -0.2) is 8.78 Å². The summed E-state index contributed by atoms with van der Waals surface area (Å²) in [6.45, 7) is 0. The molecular weight excluding hydrogens is 222 g/mol. The Kier molecular flexibility index (Phi) is 3.87. The largest absolute Gasteiger partial charge is 0.303 e. The fourth-order valence-electron chi connectivity index (χ4n) is 2.72. The van der Waals surface area contributed by atoms with Crippen LogP contribution < -0.4 is 0 Å². The second-order valence-electron chi connectivity index (χ2n) is 4.76. The molecule has 0 spiro atoms. The highest BCUT2D eigenvalue weighted by atomic mass is 19.1. The smallest absolute Gasteiger partial charge is 0.127 e. The van der Waals surface area contributed by atoms with Gasteiger partial charge in [0, 0.05) is 12.0 Å². The van der Waals surface area contributed by atoms with E-state index in [-0.39, 0.29) is 11.8 Å². The molecular formula is C14H16F2O. The summed E-state index contributed by atoms with van der Waals surface area (Å²) >= 11 is 0. The topological polar surface area (TPSA) is 17.1 Å². The van der Waals surface area contributed by atoms with Crippen molar-refractivity contribution < 1.29 is 13.6 Å². The molecule has 0 heterocycles. The maximum atomic E-state index is 13.1. The van der Waals surface area contributed by atoms with Gasteiger partial charge in [0.15, 0.2) is 0 Å². The lowest BCUT2D eigenvalue weighted by Crippen LogP contribution is -2.17. The fraction of sp³-hybridized carbons (Fsp3) is 0.500. The van der Waals surface area contributed by atoms with Crippen molar-refractivity contribution in [3.63, 3.8) is 0 Å². The maximum absolute atomic E-state index is 13.1. The number of hydrogen-bond donors (Lipinski definition) is 0. The van der Waals surface area contributed by atoms with Crippen LogP contribution in [0.2, 0.25) is 0 Å². The lowest BCUT2D eigenvalue weighted by atomic mass is 9.77. The number of carbonyl (C=O) groups excluding carboxylic acids is 1. The first-order chi connectivity index (χ1) is 8.20. The van der Waals surface area contributed by atoms with Gasteiger partial charge in [-0.3, -0.25) is 0 Å². The quantitative estimate of drug-likeness (QED) is 0.731. The van der Waals surface area contributed by atoms with Crippen molar-refractivity contribution >= 4 is 6.29 Å². The average Bonchev–Trinajstić information content (AvgIpc) is 2.30. The van der Waals surface area contributed by atoms with Crippen LogP contribution in [-0.2, 0) is 4.79 Å². The summed E-state index contributed by atoms with van der Waals surface area (Å²) < 4.78 is 26.3. The lowest BCUT2D eigenvalue weighted by molar-refractivity contribution is -0.110. The van der Waals surface area contributed by atoms with Crippen molar-refractivity contribution in [3.8, 4) is 0 Å². The zero-order valence-electron chi connectivity index (χ0n) is 9.66. The molecule has 1 unspecified atom stereocenters. The zero-order chi connectivity index (χ0) is 12.3. The van der Waals surface area contributed by atoms with Crippen LogP contribution in [-0.4, -0.2) is 6.29 Å². The van der Waals surface area contributed by atoms with Crippen LogP contribution in [0, 0.1) is 17.6 Å². The molecule has 0 radical (unpaired) electrons. The number of rotatable bonds is 3. The molecule has 1 aliphatic rings. The van der Waals surface area contributed by atoms with E-state index < -0.39 is 11.6 Å². The van der Waals surface area contributed by atoms with Gasteiger partial charge in [0.2, 0.25) is 0 Å². The minimum atomic E-state index is -0.609. The first-order valence-corrected chi connectivity index (χ1v) is 6.12. The number of benzene rings is 1. The molecule has 1 aromatic carbocycles. The van der Waals surface area contributed by atoms with E-state index in [0.29, 0.717) is 5.56 Å². The lowest BCUT2D eigenvalue weighted by Gasteiger charge is -2.26. The Morgan fingerprint density at radius 2 is 1.65 bits per heavy atom. The Bertz CT molecular complexity index is 377. The van der Waals surface area contributed by atoms with Crippen molar-refractivity contribution in [2.75, 3.05) is 0 Å². The van der Waals surface area contributed by atoms with Crippen LogP contribution in [0.4, 0.5) is 8.78 Å². The highest BCUT2D eigenvalue weighted by molar-refractivity contribution is 5.62. The van der Waals surface area contributed by atoms with Gasteiger partial charge in [-0.2, -0.15) is 0 Å². The fourth-order valence-corrected chi connectivity index (χ4v) is 2.72. The number of aldehydes is 1. The van der Waals surface area contributed by atoms with E-state index in [1.807, 2.05) is 0 Å². The molecule has 1 fully saturated rings. The van der Waals surface area contributed by atoms with E-state index in [9.17, 15) is 13.6 Å². The van der Waals surface area contributed by atoms with Gasteiger partial charge in [0.1, 0.15) is 17.9 Å². The van der Waals surface area contributed by atoms with Crippen LogP contribution in [0.5, 0.6) is 0 Å². The van der Waals surface area contributed by atoms with Gasteiger partial charge in [-0.1, -0.05) is 19.3 Å². The standard InChI is InChI=1S/C14H16F2O/c15-12-6-11(7-13(16)8-12)14(9-17)10-4-2-1-3-5-10/h6-10,14H,1-5H2. The molecule has 92 valence electrons. The Morgan fingerprint density at radius 1 is 1.06 bits per heavy atom. The van der Waals surface area contributed by atoms with E-state index >= 15 is 0 Å². The van der Waals surface area contributed by atoms with Crippen LogP contribution in [0.3, 0.4) is 0 Å². The molecule has 0 aliphatic heterocycles. The molecule has 0 saturated heterocycles. The number of carbonyl (C=O) groups is 1. The van der Waals surface area contributed by atoms with Crippen LogP contribution in [0.1, 0.15) is 43.6 Å². The van der Waals surface area contributed by atoms with Gasteiger partial charge < -0.3 is 4.79 Å². The summed E-state index contributed by atoms with van der Waals surface area (Å²) in [6, 6.07) is 3.39. The molecule has 17 heavy (non-hydrogen) atoms. The Morgan fingerprint density at radius 3 is 2.18 bits per heavy atom. The number of hydrogen-bond acceptors (Lipinski definition) is 1. The molecule has 1 saturated carbocycles. The minimum absolute atomic E-state index is 0.238. The van der Waals surface area contributed by atoms with Crippen LogP contribution >= 0.6 is 0 Å². The average molecular weight is 238 g/mol. The third-order valence-electron chi connectivity index (χ3n) is 3.57. The van der Waals surface area contributed by atoms with Gasteiger partial charge in [0.25, 0.3) is 0 Å². The molecule has 0 bridgehead atoms. The Hall–Kier alpha value is -1.25. The van der Waals surface area contributed by atoms with Crippen LogP contribution in [0.25, 0.3) is 0 Å². The molecule has 1 aromatic rings. The summed E-state index contributed by atoms with van der Waals surface area (Å²) in [5.41, 5.74) is 0.476. The predicted octanol–water partition coefficient (Wildman–Crippen LogP) is 3.83. The third kappa shape index (κ3) is 2.90. The molecule has 0 N–H and O–H groups in total. The van der Waals surface area contributed by atoms with Gasteiger partial charge >= 0.3 is 0 Å². The summed E-state index contributed by atoms with van der Waals surface area (Å²) in [5.74, 6) is -1.34. The molecule has 0 amide bonds. The highest BCUT2D eigenvalue weighted by Gasteiger charge is 2.25. The second kappa shape index (κ2) is 5.39. The first kappa shape index (κ1) is 12.2. The molecule has 0 aromatic heterocycles. The minimum Gasteiger partial charge on any atom is -0.303 e. The summed E-state index contributed by atoms with van der Waals surface area (Å²) in [4.78, 5) is 11.2. The highest BCUT2D eigenvalue weighted by Crippen LogP contribution is 2.35. The summed E-state index contributed by atoms with van der Waals surface area (Å²) in [7, 11) is 0. The van der Waals surface area contributed by atoms with Crippen molar-refractivity contribution in [2.24, 2.45) is 5.92 Å². The third-order valence-corrected chi connectivity index (χ3v) is 3.57. The monoisotopic (exact) mass is 238 g/mol. The van der Waals surface area contributed by atoms with Gasteiger partial charge in [-0.05, 0) is 36.5 Å². The second-order valence-corrected chi connectivity index (χ2v) is 4.76. The Labute approximate surface area is 99.8 Å². The van der Waals surface area contributed by atoms with E-state index in [1.165, 1.54) is 18.6 Å². The van der Waals surface area contributed by atoms with Gasteiger partial charge in [-0.15, -0.1) is 0 Å². The van der Waals surface area contributed by atoms with E-state index in [0.717, 1.165) is 38.0 Å². The summed E-state index contributed by atoms with van der Waals surface area (Å²) in [6.07, 6.45) is 6.19. The SMILES string of the molecule is O=CC(c1cc(F)cc(F)c1)C1CCCCC1. The summed E-state index contributed by atoms with van der Waals surface area (Å²) in [5, 5.41) is 0. The normalized spacial score (nSPS) is 18.9. The first-order valence-electron chi connectivity index (χ1n) is 6.12. The molecule has 2 rings (SSSR count). The van der Waals surface area contributed by atoms with E-state index in [4.69, 9.17) is 0 Å². The van der Waals surface area contributed by atoms with Crippen LogP contribution in [0.15, 0.2) is 18.2 Å². The van der Waals surface area contributed by atoms with Crippen molar-refractivity contribution in [1.82, 2.24) is 0 Å². The van der Waals surface area contributed by atoms with E-state index in [1.54, 1.807) is 0 Å². The molecule has 1 nitrogen and oxygen atoms in total. The van der Waals surface area contributed by atoms with E-state index in [2.05, 4.69) is 0 Å². The van der Waals surface area contributed by atoms with Crippen molar-refractivity contribution in [2.45, 2.75) is 38.0 Å².